The molecule has 0 unspecified atom stereocenters. The van der Waals surface area contributed by atoms with Crippen molar-refractivity contribution in [1.29, 1.82) is 0 Å². The standard InChI is InChI=1S/C20H19ClN2O5/c1-25-12-5-11(6-13(8-12)26-2)7-15(21)19-22-16-10-18(28-4)17(27-3)9-14(16)20(24)23-19/h5-10H,1-4H3,(H,22,23,24)/b15-7+. The molecule has 0 saturated heterocycles. The largest absolute Gasteiger partial charge is 0.497 e. The number of benzene rings is 2. The van der Waals surface area contributed by atoms with Crippen LogP contribution in [0.3, 0.4) is 0 Å². The number of aromatic nitrogens is 2. The van der Waals surface area contributed by atoms with Gasteiger partial charge in [-0.1, -0.05) is 11.6 Å². The van der Waals surface area contributed by atoms with Crippen molar-refractivity contribution in [2.45, 2.75) is 0 Å². The van der Waals surface area contributed by atoms with E-state index in [0.29, 0.717) is 33.9 Å². The second kappa shape index (κ2) is 8.22. The van der Waals surface area contributed by atoms with Gasteiger partial charge in [0.15, 0.2) is 17.3 Å². The summed E-state index contributed by atoms with van der Waals surface area (Å²) >= 11 is 6.43. The molecule has 0 aliphatic heterocycles. The molecule has 3 aromatic rings. The molecule has 1 aromatic heterocycles. The lowest BCUT2D eigenvalue weighted by molar-refractivity contribution is 0.355. The second-order valence-electron chi connectivity index (χ2n) is 5.78. The monoisotopic (exact) mass is 402 g/mol. The van der Waals surface area contributed by atoms with Gasteiger partial charge in [0.05, 0.1) is 44.4 Å². The Labute approximate surface area is 166 Å². The number of ether oxygens (including phenoxy) is 4. The fraction of sp³-hybridized carbons (Fsp3) is 0.200. The lowest BCUT2D eigenvalue weighted by Crippen LogP contribution is -2.11. The van der Waals surface area contributed by atoms with Gasteiger partial charge in [0.2, 0.25) is 0 Å². The number of hydrogen-bond acceptors (Lipinski definition) is 6. The minimum Gasteiger partial charge on any atom is -0.497 e. The van der Waals surface area contributed by atoms with Crippen LogP contribution in [0.15, 0.2) is 35.1 Å². The third-order valence-electron chi connectivity index (χ3n) is 4.10. The predicted molar refractivity (Wildman–Crippen MR) is 109 cm³/mol. The first-order valence-corrected chi connectivity index (χ1v) is 8.63. The topological polar surface area (TPSA) is 82.7 Å². The van der Waals surface area contributed by atoms with Gasteiger partial charge in [0.25, 0.3) is 5.56 Å². The van der Waals surface area contributed by atoms with E-state index in [2.05, 4.69) is 9.97 Å². The highest BCUT2D eigenvalue weighted by atomic mass is 35.5. The van der Waals surface area contributed by atoms with Gasteiger partial charge in [-0.15, -0.1) is 0 Å². The number of H-pyrrole nitrogens is 1. The number of fused-ring (bicyclic) bond motifs is 1. The summed E-state index contributed by atoms with van der Waals surface area (Å²) in [6, 6.07) is 8.54. The molecular formula is C20H19ClN2O5. The molecule has 0 spiro atoms. The third-order valence-corrected chi connectivity index (χ3v) is 4.39. The Morgan fingerprint density at radius 2 is 1.54 bits per heavy atom. The Balaban J connectivity index is 2.10. The normalized spacial score (nSPS) is 11.4. The smallest absolute Gasteiger partial charge is 0.259 e. The van der Waals surface area contributed by atoms with E-state index in [4.69, 9.17) is 30.5 Å². The van der Waals surface area contributed by atoms with Gasteiger partial charge in [0.1, 0.15) is 11.5 Å². The average Bonchev–Trinajstić information content (AvgIpc) is 2.72. The first-order valence-electron chi connectivity index (χ1n) is 8.25. The van der Waals surface area contributed by atoms with Crippen LogP contribution in [0, 0.1) is 0 Å². The van der Waals surface area contributed by atoms with E-state index in [-0.39, 0.29) is 16.4 Å². The lowest BCUT2D eigenvalue weighted by atomic mass is 10.1. The number of methoxy groups -OCH3 is 4. The SMILES string of the molecule is COc1cc(/C=C(/Cl)c2nc3cc(OC)c(OC)cc3c(=O)[nH]2)cc(OC)c1. The Morgan fingerprint density at radius 3 is 2.11 bits per heavy atom. The third kappa shape index (κ3) is 3.89. The maximum atomic E-state index is 12.5. The molecule has 1 heterocycles. The molecule has 28 heavy (non-hydrogen) atoms. The Hall–Kier alpha value is -3.19. The van der Waals surface area contributed by atoms with Crippen LogP contribution in [-0.2, 0) is 0 Å². The molecule has 0 radical (unpaired) electrons. The maximum absolute atomic E-state index is 12.5. The zero-order chi connectivity index (χ0) is 20.3. The summed E-state index contributed by atoms with van der Waals surface area (Å²) < 4.78 is 21.0. The van der Waals surface area contributed by atoms with Crippen molar-refractivity contribution < 1.29 is 18.9 Å². The van der Waals surface area contributed by atoms with E-state index in [1.165, 1.54) is 14.2 Å². The molecule has 7 nitrogen and oxygen atoms in total. The van der Waals surface area contributed by atoms with Gasteiger partial charge < -0.3 is 23.9 Å². The van der Waals surface area contributed by atoms with Crippen molar-refractivity contribution in [3.63, 3.8) is 0 Å². The molecule has 3 rings (SSSR count). The molecule has 0 bridgehead atoms. The molecule has 0 saturated carbocycles. The second-order valence-corrected chi connectivity index (χ2v) is 6.18. The summed E-state index contributed by atoms with van der Waals surface area (Å²) in [7, 11) is 6.14. The van der Waals surface area contributed by atoms with Gasteiger partial charge in [-0.3, -0.25) is 4.79 Å². The van der Waals surface area contributed by atoms with E-state index in [1.54, 1.807) is 50.6 Å². The molecular weight excluding hydrogens is 384 g/mol. The number of halogens is 1. The van der Waals surface area contributed by atoms with Crippen LogP contribution < -0.4 is 24.5 Å². The Bertz CT molecular complexity index is 1090. The molecule has 8 heteroatoms. The van der Waals surface area contributed by atoms with Gasteiger partial charge >= 0.3 is 0 Å². The molecule has 0 atom stereocenters. The number of hydrogen-bond donors (Lipinski definition) is 1. The Morgan fingerprint density at radius 1 is 0.929 bits per heavy atom. The molecule has 0 amide bonds. The van der Waals surface area contributed by atoms with Gasteiger partial charge in [0, 0.05) is 12.1 Å². The van der Waals surface area contributed by atoms with Crippen LogP contribution in [0.4, 0.5) is 0 Å². The molecule has 146 valence electrons. The number of nitrogens with one attached hydrogen (secondary N) is 1. The molecule has 0 aliphatic rings. The summed E-state index contributed by atoms with van der Waals surface area (Å²) in [5.74, 6) is 2.38. The molecule has 2 aromatic carbocycles. The number of nitrogens with zero attached hydrogens (tertiary/aromatic N) is 1. The van der Waals surface area contributed by atoms with Crippen LogP contribution >= 0.6 is 11.6 Å². The van der Waals surface area contributed by atoms with E-state index in [1.807, 2.05) is 0 Å². The van der Waals surface area contributed by atoms with Crippen LogP contribution in [-0.4, -0.2) is 38.4 Å². The van der Waals surface area contributed by atoms with Crippen molar-refractivity contribution in [1.82, 2.24) is 9.97 Å². The van der Waals surface area contributed by atoms with Crippen LogP contribution in [0.5, 0.6) is 23.0 Å². The van der Waals surface area contributed by atoms with Crippen molar-refractivity contribution in [3.8, 4) is 23.0 Å². The summed E-state index contributed by atoms with van der Waals surface area (Å²) in [6.07, 6.45) is 1.66. The number of aromatic amines is 1. The zero-order valence-corrected chi connectivity index (χ0v) is 16.6. The van der Waals surface area contributed by atoms with Gasteiger partial charge in [-0.05, 0) is 29.8 Å². The van der Waals surface area contributed by atoms with E-state index < -0.39 is 0 Å². The van der Waals surface area contributed by atoms with Crippen molar-refractivity contribution in [3.05, 3.63) is 52.1 Å². The number of rotatable bonds is 6. The minimum absolute atomic E-state index is 0.230. The van der Waals surface area contributed by atoms with Gasteiger partial charge in [-0.2, -0.15) is 0 Å². The molecule has 0 fully saturated rings. The molecule has 0 aliphatic carbocycles. The fourth-order valence-corrected chi connectivity index (χ4v) is 2.92. The lowest BCUT2D eigenvalue weighted by Gasteiger charge is -2.09. The summed E-state index contributed by atoms with van der Waals surface area (Å²) in [6.45, 7) is 0. The van der Waals surface area contributed by atoms with Crippen LogP contribution in [0.1, 0.15) is 11.4 Å². The average molecular weight is 403 g/mol. The predicted octanol–water partition coefficient (Wildman–Crippen LogP) is 3.69. The fourth-order valence-electron chi connectivity index (χ4n) is 2.71. The molecule has 1 N–H and O–H groups in total. The summed E-state index contributed by atoms with van der Waals surface area (Å²) in [4.78, 5) is 19.6. The zero-order valence-electron chi connectivity index (χ0n) is 15.8. The van der Waals surface area contributed by atoms with Crippen LogP contribution in [0.25, 0.3) is 22.0 Å². The van der Waals surface area contributed by atoms with Crippen LogP contribution in [0.2, 0.25) is 0 Å². The van der Waals surface area contributed by atoms with Crippen molar-refractivity contribution >= 4 is 33.6 Å². The van der Waals surface area contributed by atoms with Crippen molar-refractivity contribution in [2.75, 3.05) is 28.4 Å². The van der Waals surface area contributed by atoms with E-state index in [0.717, 1.165) is 5.56 Å². The van der Waals surface area contributed by atoms with E-state index >= 15 is 0 Å². The maximum Gasteiger partial charge on any atom is 0.259 e. The first-order chi connectivity index (χ1) is 13.5. The Kier molecular flexibility index (Phi) is 5.75. The summed E-state index contributed by atoms with van der Waals surface area (Å²) in [5, 5.41) is 0.623. The quantitative estimate of drug-likeness (QED) is 0.677. The summed E-state index contributed by atoms with van der Waals surface area (Å²) in [5.41, 5.74) is 0.832. The first kappa shape index (κ1) is 19.6. The van der Waals surface area contributed by atoms with E-state index in [9.17, 15) is 4.79 Å². The van der Waals surface area contributed by atoms with Gasteiger partial charge in [-0.25, -0.2) is 4.98 Å². The highest BCUT2D eigenvalue weighted by molar-refractivity contribution is 6.50. The highest BCUT2D eigenvalue weighted by Crippen LogP contribution is 2.31. The minimum atomic E-state index is -0.337. The highest BCUT2D eigenvalue weighted by Gasteiger charge is 2.12. The van der Waals surface area contributed by atoms with Crippen molar-refractivity contribution in [2.24, 2.45) is 0 Å².